The van der Waals surface area contributed by atoms with Crippen LogP contribution in [0.1, 0.15) is 45.1 Å². The molecule has 1 aliphatic carbocycles. The molecule has 3 atom stereocenters. The molecule has 0 spiro atoms. The molecule has 0 N–H and O–H groups in total. The summed E-state index contributed by atoms with van der Waals surface area (Å²) in [6.45, 7) is 7.16. The lowest BCUT2D eigenvalue weighted by Crippen LogP contribution is -2.10. The van der Waals surface area contributed by atoms with Crippen molar-refractivity contribution in [3.8, 4) is 0 Å². The zero-order chi connectivity index (χ0) is 10.8. The number of hydrogen-bond donors (Lipinski definition) is 0. The highest BCUT2D eigenvalue weighted by molar-refractivity contribution is 5.21. The van der Waals surface area contributed by atoms with Gasteiger partial charge in [-0.1, -0.05) is 51.1 Å². The van der Waals surface area contributed by atoms with Crippen molar-refractivity contribution < 1.29 is 0 Å². The fourth-order valence-corrected chi connectivity index (χ4v) is 3.21. The van der Waals surface area contributed by atoms with Crippen LogP contribution >= 0.6 is 0 Å². The second kappa shape index (κ2) is 4.38. The van der Waals surface area contributed by atoms with Gasteiger partial charge in [0, 0.05) is 0 Å². The summed E-state index contributed by atoms with van der Waals surface area (Å²) >= 11 is 0. The van der Waals surface area contributed by atoms with E-state index in [0.29, 0.717) is 0 Å². The molecule has 82 valence electrons. The van der Waals surface area contributed by atoms with Crippen LogP contribution in [0.15, 0.2) is 30.3 Å². The van der Waals surface area contributed by atoms with Crippen molar-refractivity contribution in [3.63, 3.8) is 0 Å². The maximum atomic E-state index is 2.42. The lowest BCUT2D eigenvalue weighted by Gasteiger charge is -2.18. The van der Waals surface area contributed by atoms with Crippen LogP contribution in [0, 0.1) is 17.8 Å². The minimum Gasteiger partial charge on any atom is -0.0625 e. The molecule has 2 rings (SSSR count). The van der Waals surface area contributed by atoms with Gasteiger partial charge in [-0.05, 0) is 42.1 Å². The van der Waals surface area contributed by atoms with Gasteiger partial charge < -0.3 is 0 Å². The molecule has 0 amide bonds. The predicted molar refractivity (Wildman–Crippen MR) is 65.9 cm³/mol. The summed E-state index contributed by atoms with van der Waals surface area (Å²) in [6, 6.07) is 11.0. The first kappa shape index (κ1) is 10.7. The summed E-state index contributed by atoms with van der Waals surface area (Å²) in [7, 11) is 0. The Kier molecular flexibility index (Phi) is 3.14. The first-order valence-electron chi connectivity index (χ1n) is 6.23. The fourth-order valence-electron chi connectivity index (χ4n) is 3.21. The van der Waals surface area contributed by atoms with E-state index in [0.717, 1.165) is 23.7 Å². The van der Waals surface area contributed by atoms with Crippen LogP contribution < -0.4 is 0 Å². The second-order valence-corrected chi connectivity index (χ2v) is 5.46. The van der Waals surface area contributed by atoms with Crippen molar-refractivity contribution in [1.82, 2.24) is 0 Å². The monoisotopic (exact) mass is 202 g/mol. The maximum absolute atomic E-state index is 2.42. The van der Waals surface area contributed by atoms with E-state index in [1.807, 2.05) is 0 Å². The first-order valence-corrected chi connectivity index (χ1v) is 6.23. The van der Waals surface area contributed by atoms with Gasteiger partial charge >= 0.3 is 0 Å². The molecule has 1 unspecified atom stereocenters. The van der Waals surface area contributed by atoms with Gasteiger partial charge in [0.15, 0.2) is 0 Å². The summed E-state index contributed by atoms with van der Waals surface area (Å²) in [5.74, 6) is 3.48. The van der Waals surface area contributed by atoms with E-state index in [2.05, 4.69) is 51.1 Å². The Morgan fingerprint density at radius 1 is 1.07 bits per heavy atom. The van der Waals surface area contributed by atoms with E-state index in [4.69, 9.17) is 0 Å². The molecule has 1 fully saturated rings. The number of rotatable bonds is 2. The molecule has 0 heteroatoms. The summed E-state index contributed by atoms with van der Waals surface area (Å²) in [5.41, 5.74) is 1.55. The topological polar surface area (TPSA) is 0 Å². The standard InChI is InChI=1S/C15H22/c1-11(2)15-10-14(9-12(15)3)13-7-5-4-6-8-13/h4-8,11-12,14-15H,9-10H2,1-3H3/t12?,14-,15-/m1/s1. The van der Waals surface area contributed by atoms with E-state index < -0.39 is 0 Å². The Morgan fingerprint density at radius 3 is 2.27 bits per heavy atom. The third kappa shape index (κ3) is 2.25. The minimum absolute atomic E-state index is 0.814. The number of hydrogen-bond acceptors (Lipinski definition) is 0. The Balaban J connectivity index is 2.09. The van der Waals surface area contributed by atoms with Gasteiger partial charge in [0.05, 0.1) is 0 Å². The smallest absolute Gasteiger partial charge is 0.0156 e. The Bertz CT molecular complexity index is 299. The Labute approximate surface area is 93.7 Å². The van der Waals surface area contributed by atoms with Crippen molar-refractivity contribution in [1.29, 1.82) is 0 Å². The van der Waals surface area contributed by atoms with E-state index in [1.54, 1.807) is 5.56 Å². The first-order chi connectivity index (χ1) is 7.18. The molecule has 1 aromatic rings. The molecule has 0 heterocycles. The van der Waals surface area contributed by atoms with Crippen molar-refractivity contribution in [3.05, 3.63) is 35.9 Å². The van der Waals surface area contributed by atoms with Crippen molar-refractivity contribution in [2.75, 3.05) is 0 Å². The largest absolute Gasteiger partial charge is 0.0625 e. The summed E-state index contributed by atoms with van der Waals surface area (Å²) < 4.78 is 0. The van der Waals surface area contributed by atoms with Crippen LogP contribution in [0.4, 0.5) is 0 Å². The average molecular weight is 202 g/mol. The molecule has 1 aliphatic rings. The van der Waals surface area contributed by atoms with E-state index in [1.165, 1.54) is 12.8 Å². The van der Waals surface area contributed by atoms with Gasteiger partial charge in [0.25, 0.3) is 0 Å². The van der Waals surface area contributed by atoms with Crippen LogP contribution in [0.5, 0.6) is 0 Å². The molecular formula is C15H22. The third-order valence-electron chi connectivity index (χ3n) is 4.07. The maximum Gasteiger partial charge on any atom is -0.0156 e. The quantitative estimate of drug-likeness (QED) is 0.663. The molecule has 15 heavy (non-hydrogen) atoms. The summed E-state index contributed by atoms with van der Waals surface area (Å²) in [6.07, 6.45) is 2.77. The van der Waals surface area contributed by atoms with Gasteiger partial charge in [-0.3, -0.25) is 0 Å². The highest BCUT2D eigenvalue weighted by Crippen LogP contribution is 2.45. The van der Waals surface area contributed by atoms with E-state index in [9.17, 15) is 0 Å². The van der Waals surface area contributed by atoms with Gasteiger partial charge in [-0.15, -0.1) is 0 Å². The molecule has 1 saturated carbocycles. The predicted octanol–water partition coefficient (Wildman–Crippen LogP) is 4.47. The van der Waals surface area contributed by atoms with Gasteiger partial charge in [-0.2, -0.15) is 0 Å². The zero-order valence-corrected chi connectivity index (χ0v) is 10.1. The lowest BCUT2D eigenvalue weighted by molar-refractivity contribution is 0.314. The van der Waals surface area contributed by atoms with Gasteiger partial charge in [-0.25, -0.2) is 0 Å². The fraction of sp³-hybridized carbons (Fsp3) is 0.600. The van der Waals surface area contributed by atoms with E-state index in [-0.39, 0.29) is 0 Å². The Hall–Kier alpha value is -0.780. The minimum atomic E-state index is 0.814. The molecule has 0 bridgehead atoms. The molecular weight excluding hydrogens is 180 g/mol. The van der Waals surface area contributed by atoms with Crippen molar-refractivity contribution in [2.24, 2.45) is 17.8 Å². The van der Waals surface area contributed by atoms with E-state index >= 15 is 0 Å². The van der Waals surface area contributed by atoms with Crippen LogP contribution in [0.3, 0.4) is 0 Å². The van der Waals surface area contributed by atoms with Crippen LogP contribution in [-0.2, 0) is 0 Å². The van der Waals surface area contributed by atoms with Crippen LogP contribution in [-0.4, -0.2) is 0 Å². The van der Waals surface area contributed by atoms with Gasteiger partial charge in [0.1, 0.15) is 0 Å². The van der Waals surface area contributed by atoms with Crippen LogP contribution in [0.2, 0.25) is 0 Å². The normalized spacial score (nSPS) is 31.1. The van der Waals surface area contributed by atoms with Crippen LogP contribution in [0.25, 0.3) is 0 Å². The molecule has 1 aromatic carbocycles. The third-order valence-corrected chi connectivity index (χ3v) is 4.07. The molecule has 0 aromatic heterocycles. The molecule has 0 saturated heterocycles. The molecule has 0 aliphatic heterocycles. The number of benzene rings is 1. The Morgan fingerprint density at radius 2 is 1.73 bits per heavy atom. The second-order valence-electron chi connectivity index (χ2n) is 5.46. The van der Waals surface area contributed by atoms with Gasteiger partial charge in [0.2, 0.25) is 0 Å². The highest BCUT2D eigenvalue weighted by atomic mass is 14.4. The summed E-state index contributed by atoms with van der Waals surface area (Å²) in [4.78, 5) is 0. The molecule has 0 radical (unpaired) electrons. The van der Waals surface area contributed by atoms with Crippen molar-refractivity contribution >= 4 is 0 Å². The van der Waals surface area contributed by atoms with Crippen molar-refractivity contribution in [2.45, 2.75) is 39.5 Å². The summed E-state index contributed by atoms with van der Waals surface area (Å²) in [5, 5.41) is 0. The highest BCUT2D eigenvalue weighted by Gasteiger charge is 2.33. The lowest BCUT2D eigenvalue weighted by atomic mass is 9.87. The SMILES string of the molecule is CC(C)[C@H]1C[C@H](c2ccccc2)CC1C. The average Bonchev–Trinajstić information content (AvgIpc) is 2.62. The zero-order valence-electron chi connectivity index (χ0n) is 10.1. The molecule has 0 nitrogen and oxygen atoms in total.